The standard InChI is InChI=1S/C11H13F5N2O2/c1-18(2)7(8-4-3-5-20-8)6-17-9(19)10(12,13)11(14,15)16/h3-5,7H,6H2,1-2H3,(H,17,19). The van der Waals surface area contributed by atoms with Crippen molar-refractivity contribution in [2.24, 2.45) is 0 Å². The van der Waals surface area contributed by atoms with Gasteiger partial charge in [0.2, 0.25) is 0 Å². The van der Waals surface area contributed by atoms with E-state index in [1.165, 1.54) is 23.3 Å². The number of amides is 1. The fraction of sp³-hybridized carbons (Fsp3) is 0.545. The van der Waals surface area contributed by atoms with E-state index in [9.17, 15) is 26.7 Å². The van der Waals surface area contributed by atoms with Gasteiger partial charge in [-0.05, 0) is 26.2 Å². The van der Waals surface area contributed by atoms with Gasteiger partial charge in [-0.15, -0.1) is 0 Å². The highest BCUT2D eigenvalue weighted by atomic mass is 19.4. The van der Waals surface area contributed by atoms with E-state index in [0.717, 1.165) is 0 Å². The minimum atomic E-state index is -5.92. The maximum atomic E-state index is 12.7. The largest absolute Gasteiger partial charge is 0.468 e. The number of furan rings is 1. The van der Waals surface area contributed by atoms with Gasteiger partial charge in [0.05, 0.1) is 12.3 Å². The average molecular weight is 300 g/mol. The zero-order chi connectivity index (χ0) is 15.6. The number of hydrogen-bond donors (Lipinski definition) is 1. The normalized spacial score (nSPS) is 14.4. The summed E-state index contributed by atoms with van der Waals surface area (Å²) in [6.07, 6.45) is -4.59. The highest BCUT2D eigenvalue weighted by Crippen LogP contribution is 2.35. The first kappa shape index (κ1) is 16.4. The van der Waals surface area contributed by atoms with Crippen LogP contribution in [0.15, 0.2) is 22.8 Å². The Bertz CT molecular complexity index is 442. The second kappa shape index (κ2) is 5.78. The van der Waals surface area contributed by atoms with Crippen molar-refractivity contribution in [2.45, 2.75) is 18.1 Å². The zero-order valence-electron chi connectivity index (χ0n) is 10.7. The molecule has 114 valence electrons. The van der Waals surface area contributed by atoms with Crippen molar-refractivity contribution in [3.63, 3.8) is 0 Å². The number of carbonyl (C=O) groups is 1. The molecule has 0 aromatic carbocycles. The molecule has 1 aromatic heterocycles. The van der Waals surface area contributed by atoms with Gasteiger partial charge in [-0.1, -0.05) is 0 Å². The lowest BCUT2D eigenvalue weighted by Gasteiger charge is -2.24. The van der Waals surface area contributed by atoms with Crippen LogP contribution >= 0.6 is 0 Å². The number of halogens is 5. The minimum absolute atomic E-state index is 0.339. The van der Waals surface area contributed by atoms with Crippen LogP contribution in [0.1, 0.15) is 11.8 Å². The van der Waals surface area contributed by atoms with E-state index >= 15 is 0 Å². The van der Waals surface area contributed by atoms with Crippen LogP contribution < -0.4 is 5.32 Å². The number of rotatable bonds is 5. The molecule has 1 heterocycles. The first-order chi connectivity index (χ1) is 9.07. The van der Waals surface area contributed by atoms with Gasteiger partial charge in [0.15, 0.2) is 0 Å². The zero-order valence-corrected chi connectivity index (χ0v) is 10.7. The summed E-state index contributed by atoms with van der Waals surface area (Å²) in [7, 11) is 3.14. The Labute approximate surface area is 111 Å². The number of nitrogens with one attached hydrogen (secondary N) is 1. The van der Waals surface area contributed by atoms with Crippen LogP contribution in [0.3, 0.4) is 0 Å². The number of carbonyl (C=O) groups excluding carboxylic acids is 1. The minimum Gasteiger partial charge on any atom is -0.468 e. The van der Waals surface area contributed by atoms with E-state index in [2.05, 4.69) is 0 Å². The molecule has 0 fully saturated rings. The third-order valence-electron chi connectivity index (χ3n) is 2.59. The summed E-state index contributed by atoms with van der Waals surface area (Å²) < 4.78 is 66.5. The van der Waals surface area contributed by atoms with Crippen molar-refractivity contribution in [2.75, 3.05) is 20.6 Å². The molecule has 1 unspecified atom stereocenters. The predicted octanol–water partition coefficient (Wildman–Crippen LogP) is 2.20. The number of likely N-dealkylation sites (N-methyl/N-ethyl adjacent to an activating group) is 1. The molecule has 0 radical (unpaired) electrons. The lowest BCUT2D eigenvalue weighted by molar-refractivity contribution is -0.269. The Hall–Kier alpha value is -1.64. The molecule has 0 saturated carbocycles. The third-order valence-corrected chi connectivity index (χ3v) is 2.59. The fourth-order valence-electron chi connectivity index (χ4n) is 1.45. The Morgan fingerprint density at radius 2 is 1.95 bits per heavy atom. The lowest BCUT2D eigenvalue weighted by Crippen LogP contribution is -2.51. The smallest absolute Gasteiger partial charge is 0.463 e. The molecular formula is C11H13F5N2O2. The van der Waals surface area contributed by atoms with Gasteiger partial charge in [-0.25, -0.2) is 0 Å². The van der Waals surface area contributed by atoms with Gasteiger partial charge in [0.1, 0.15) is 5.76 Å². The average Bonchev–Trinajstić information content (AvgIpc) is 2.80. The van der Waals surface area contributed by atoms with E-state index < -0.39 is 30.6 Å². The molecule has 0 aliphatic heterocycles. The van der Waals surface area contributed by atoms with Gasteiger partial charge in [-0.3, -0.25) is 9.69 Å². The van der Waals surface area contributed by atoms with E-state index in [4.69, 9.17) is 4.42 Å². The second-order valence-corrected chi connectivity index (χ2v) is 4.28. The van der Waals surface area contributed by atoms with Crippen LogP contribution in [0.25, 0.3) is 0 Å². The summed E-state index contributed by atoms with van der Waals surface area (Å²) in [5.74, 6) is -7.47. The topological polar surface area (TPSA) is 45.5 Å². The van der Waals surface area contributed by atoms with Gasteiger partial charge >= 0.3 is 12.1 Å². The van der Waals surface area contributed by atoms with Gasteiger partial charge in [-0.2, -0.15) is 22.0 Å². The maximum Gasteiger partial charge on any atom is 0.463 e. The van der Waals surface area contributed by atoms with Crippen molar-refractivity contribution in [1.82, 2.24) is 10.2 Å². The molecule has 1 N–H and O–H groups in total. The summed E-state index contributed by atoms with van der Waals surface area (Å²) in [5, 5.41) is 1.59. The van der Waals surface area contributed by atoms with Crippen molar-refractivity contribution >= 4 is 5.91 Å². The summed E-state index contributed by atoms with van der Waals surface area (Å²) in [6.45, 7) is -0.439. The summed E-state index contributed by atoms with van der Waals surface area (Å²) in [5.41, 5.74) is 0. The molecule has 0 spiro atoms. The van der Waals surface area contributed by atoms with Crippen LogP contribution in [-0.2, 0) is 4.79 Å². The Balaban J connectivity index is 2.72. The van der Waals surface area contributed by atoms with Crippen LogP contribution in [0.4, 0.5) is 22.0 Å². The molecule has 0 aliphatic carbocycles. The van der Waals surface area contributed by atoms with Crippen molar-refractivity contribution in [3.05, 3.63) is 24.2 Å². The Morgan fingerprint density at radius 1 is 1.35 bits per heavy atom. The quantitative estimate of drug-likeness (QED) is 0.848. The highest BCUT2D eigenvalue weighted by molar-refractivity contribution is 5.84. The lowest BCUT2D eigenvalue weighted by atomic mass is 10.2. The van der Waals surface area contributed by atoms with Crippen molar-refractivity contribution in [1.29, 1.82) is 0 Å². The maximum absolute atomic E-state index is 12.7. The molecule has 0 bridgehead atoms. The second-order valence-electron chi connectivity index (χ2n) is 4.28. The molecule has 1 aromatic rings. The van der Waals surface area contributed by atoms with E-state index in [-0.39, 0.29) is 0 Å². The summed E-state index contributed by atoms with van der Waals surface area (Å²) in [4.78, 5) is 12.5. The molecule has 1 rings (SSSR count). The van der Waals surface area contributed by atoms with Crippen molar-refractivity contribution < 1.29 is 31.2 Å². The predicted molar refractivity (Wildman–Crippen MR) is 59.1 cm³/mol. The highest BCUT2D eigenvalue weighted by Gasteiger charge is 2.63. The van der Waals surface area contributed by atoms with Crippen LogP contribution in [0.5, 0.6) is 0 Å². The SMILES string of the molecule is CN(C)C(CNC(=O)C(F)(F)C(F)(F)F)c1ccco1. The van der Waals surface area contributed by atoms with Crippen molar-refractivity contribution in [3.8, 4) is 0 Å². The number of hydrogen-bond acceptors (Lipinski definition) is 3. The van der Waals surface area contributed by atoms with Gasteiger partial charge in [0, 0.05) is 6.54 Å². The first-order valence-corrected chi connectivity index (χ1v) is 5.50. The molecule has 0 aliphatic rings. The number of nitrogens with zero attached hydrogens (tertiary/aromatic N) is 1. The molecule has 0 saturated heterocycles. The monoisotopic (exact) mass is 300 g/mol. The van der Waals surface area contributed by atoms with Crippen LogP contribution in [0, 0.1) is 0 Å². The third kappa shape index (κ3) is 3.47. The van der Waals surface area contributed by atoms with E-state index in [1.54, 1.807) is 19.4 Å². The van der Waals surface area contributed by atoms with Crippen LogP contribution in [-0.4, -0.2) is 43.5 Å². The molecule has 4 nitrogen and oxygen atoms in total. The first-order valence-electron chi connectivity index (χ1n) is 5.50. The molecular weight excluding hydrogens is 287 g/mol. The Kier molecular flexibility index (Phi) is 4.74. The molecule has 1 atom stereocenters. The number of alkyl halides is 5. The fourth-order valence-corrected chi connectivity index (χ4v) is 1.45. The van der Waals surface area contributed by atoms with E-state index in [1.807, 2.05) is 0 Å². The summed E-state index contributed by atoms with van der Waals surface area (Å²) >= 11 is 0. The van der Waals surface area contributed by atoms with E-state index in [0.29, 0.717) is 5.76 Å². The molecule has 9 heteroatoms. The molecule has 1 amide bonds. The van der Waals surface area contributed by atoms with Crippen LogP contribution in [0.2, 0.25) is 0 Å². The Morgan fingerprint density at radius 3 is 2.35 bits per heavy atom. The van der Waals surface area contributed by atoms with Gasteiger partial charge in [0.25, 0.3) is 5.91 Å². The van der Waals surface area contributed by atoms with Gasteiger partial charge < -0.3 is 9.73 Å². The summed E-state index contributed by atoms with van der Waals surface area (Å²) in [6, 6.07) is 2.41. The molecule has 20 heavy (non-hydrogen) atoms.